The smallest absolute Gasteiger partial charge is 0.315 e. The molecule has 2 amide bonds. The fourth-order valence-electron chi connectivity index (χ4n) is 3.11. The molecule has 134 valence electrons. The standard InChI is InChI=1S/C21H23N3O2/c1-21(14-25,18-10-11-18)24-20(26)23-13-15-6-8-16(9-7-15)19-5-3-2-4-17(19)12-22/h2-9,18,25H,10-11,13-14H2,1H3,(H2,23,24,26). The molecule has 0 spiro atoms. The van der Waals surface area contributed by atoms with Gasteiger partial charge in [0.05, 0.1) is 23.8 Å². The van der Waals surface area contributed by atoms with Crippen molar-refractivity contribution in [3.63, 3.8) is 0 Å². The van der Waals surface area contributed by atoms with E-state index in [1.165, 1.54) is 0 Å². The summed E-state index contributed by atoms with van der Waals surface area (Å²) in [6, 6.07) is 17.2. The van der Waals surface area contributed by atoms with Crippen LogP contribution in [0, 0.1) is 17.2 Å². The molecule has 1 saturated carbocycles. The molecule has 0 heterocycles. The highest BCUT2D eigenvalue weighted by Crippen LogP contribution is 2.39. The number of nitriles is 1. The van der Waals surface area contributed by atoms with Crippen molar-refractivity contribution in [2.24, 2.45) is 5.92 Å². The number of nitrogens with one attached hydrogen (secondary N) is 2. The molecule has 1 aliphatic rings. The minimum absolute atomic E-state index is 0.0575. The summed E-state index contributed by atoms with van der Waals surface area (Å²) in [5, 5.41) is 24.5. The van der Waals surface area contributed by atoms with Crippen molar-refractivity contribution in [2.75, 3.05) is 6.61 Å². The van der Waals surface area contributed by atoms with Gasteiger partial charge in [-0.15, -0.1) is 0 Å². The monoisotopic (exact) mass is 349 g/mol. The summed E-state index contributed by atoms with van der Waals surface area (Å²) < 4.78 is 0. The molecule has 1 atom stereocenters. The predicted molar refractivity (Wildman–Crippen MR) is 100 cm³/mol. The van der Waals surface area contributed by atoms with E-state index in [1.54, 1.807) is 6.07 Å². The molecule has 3 rings (SSSR count). The van der Waals surface area contributed by atoms with Crippen LogP contribution in [-0.4, -0.2) is 23.3 Å². The highest BCUT2D eigenvalue weighted by molar-refractivity contribution is 5.75. The summed E-state index contributed by atoms with van der Waals surface area (Å²) in [4.78, 5) is 12.1. The van der Waals surface area contributed by atoms with Gasteiger partial charge >= 0.3 is 6.03 Å². The van der Waals surface area contributed by atoms with Gasteiger partial charge in [0.1, 0.15) is 0 Å². The van der Waals surface area contributed by atoms with Gasteiger partial charge in [0.15, 0.2) is 0 Å². The Morgan fingerprint density at radius 1 is 1.23 bits per heavy atom. The van der Waals surface area contributed by atoms with Gasteiger partial charge in [-0.1, -0.05) is 42.5 Å². The molecule has 5 nitrogen and oxygen atoms in total. The number of carbonyl (C=O) groups is 1. The first-order valence-electron chi connectivity index (χ1n) is 8.81. The molecule has 0 saturated heterocycles. The van der Waals surface area contributed by atoms with Crippen molar-refractivity contribution >= 4 is 6.03 Å². The molecule has 0 radical (unpaired) electrons. The molecule has 1 aliphatic carbocycles. The molecular weight excluding hydrogens is 326 g/mol. The van der Waals surface area contributed by atoms with Crippen molar-refractivity contribution in [2.45, 2.75) is 31.8 Å². The molecule has 3 N–H and O–H groups in total. The Labute approximate surface area is 153 Å². The van der Waals surface area contributed by atoms with E-state index >= 15 is 0 Å². The molecule has 2 aromatic carbocycles. The first kappa shape index (κ1) is 18.0. The second kappa shape index (κ2) is 7.59. The van der Waals surface area contributed by atoms with Crippen LogP contribution in [0.25, 0.3) is 11.1 Å². The molecule has 26 heavy (non-hydrogen) atoms. The third kappa shape index (κ3) is 4.04. The van der Waals surface area contributed by atoms with Crippen molar-refractivity contribution in [3.05, 3.63) is 59.7 Å². The van der Waals surface area contributed by atoms with E-state index in [9.17, 15) is 15.2 Å². The van der Waals surface area contributed by atoms with E-state index in [2.05, 4.69) is 16.7 Å². The highest BCUT2D eigenvalue weighted by atomic mass is 16.3. The van der Waals surface area contributed by atoms with Gasteiger partial charge in [-0.2, -0.15) is 5.26 Å². The summed E-state index contributed by atoms with van der Waals surface area (Å²) in [6.45, 7) is 2.22. The SMILES string of the molecule is CC(CO)(NC(=O)NCc1ccc(-c2ccccc2C#N)cc1)C1CC1. The fraction of sp³-hybridized carbons (Fsp3) is 0.333. The molecule has 0 aliphatic heterocycles. The normalized spacial score (nSPS) is 15.6. The summed E-state index contributed by atoms with van der Waals surface area (Å²) >= 11 is 0. The van der Waals surface area contributed by atoms with Crippen molar-refractivity contribution in [3.8, 4) is 17.2 Å². The molecule has 2 aromatic rings. The first-order chi connectivity index (χ1) is 12.6. The average molecular weight is 349 g/mol. The number of benzene rings is 2. The van der Waals surface area contributed by atoms with E-state index in [-0.39, 0.29) is 12.6 Å². The summed E-state index contributed by atoms with van der Waals surface area (Å²) in [6.07, 6.45) is 2.09. The van der Waals surface area contributed by atoms with Crippen LogP contribution in [0.2, 0.25) is 0 Å². The number of aliphatic hydroxyl groups excluding tert-OH is 1. The maximum Gasteiger partial charge on any atom is 0.315 e. The maximum atomic E-state index is 12.1. The number of hydrogen-bond acceptors (Lipinski definition) is 3. The van der Waals surface area contributed by atoms with E-state index in [0.29, 0.717) is 18.0 Å². The van der Waals surface area contributed by atoms with Gasteiger partial charge in [-0.3, -0.25) is 0 Å². The van der Waals surface area contributed by atoms with Gasteiger partial charge in [0, 0.05) is 6.54 Å². The second-order valence-electron chi connectivity index (χ2n) is 7.01. The molecule has 1 fully saturated rings. The number of aliphatic hydroxyl groups is 1. The van der Waals surface area contributed by atoms with Crippen LogP contribution in [0.3, 0.4) is 0 Å². The zero-order valence-electron chi connectivity index (χ0n) is 14.8. The van der Waals surface area contributed by atoms with Crippen molar-refractivity contribution < 1.29 is 9.90 Å². The molecule has 5 heteroatoms. The lowest BCUT2D eigenvalue weighted by Crippen LogP contribution is -2.53. The zero-order valence-corrected chi connectivity index (χ0v) is 14.8. The molecule has 1 unspecified atom stereocenters. The quantitative estimate of drug-likeness (QED) is 0.749. The van der Waals surface area contributed by atoms with Crippen LogP contribution in [0.4, 0.5) is 4.79 Å². The summed E-state index contributed by atoms with van der Waals surface area (Å²) in [7, 11) is 0. The number of nitrogens with zero attached hydrogens (tertiary/aromatic N) is 1. The van der Waals surface area contributed by atoms with Gasteiger partial charge in [0.2, 0.25) is 0 Å². The predicted octanol–water partition coefficient (Wildman–Crippen LogP) is 3.19. The lowest BCUT2D eigenvalue weighted by Gasteiger charge is -2.28. The summed E-state index contributed by atoms with van der Waals surface area (Å²) in [5.74, 6) is 0.359. The Kier molecular flexibility index (Phi) is 5.24. The average Bonchev–Trinajstić information content (AvgIpc) is 3.52. The zero-order chi connectivity index (χ0) is 18.6. The number of hydrogen-bond donors (Lipinski definition) is 3. The van der Waals surface area contributed by atoms with E-state index in [4.69, 9.17) is 0 Å². The van der Waals surface area contributed by atoms with Crippen LogP contribution < -0.4 is 10.6 Å². The molecule has 0 bridgehead atoms. The van der Waals surface area contributed by atoms with Crippen LogP contribution >= 0.6 is 0 Å². The van der Waals surface area contributed by atoms with Gasteiger partial charge in [-0.05, 0) is 48.4 Å². The topological polar surface area (TPSA) is 85.2 Å². The number of rotatable bonds is 6. The van der Waals surface area contributed by atoms with Gasteiger partial charge in [0.25, 0.3) is 0 Å². The largest absolute Gasteiger partial charge is 0.394 e. The first-order valence-corrected chi connectivity index (χ1v) is 8.81. The molecule has 0 aromatic heterocycles. The molecular formula is C21H23N3O2. The third-order valence-corrected chi connectivity index (χ3v) is 4.97. The van der Waals surface area contributed by atoms with Crippen molar-refractivity contribution in [1.29, 1.82) is 5.26 Å². The van der Waals surface area contributed by atoms with Crippen LogP contribution in [0.5, 0.6) is 0 Å². The number of carbonyl (C=O) groups excluding carboxylic acids is 1. The van der Waals surface area contributed by atoms with Gasteiger partial charge in [-0.25, -0.2) is 4.79 Å². The summed E-state index contributed by atoms with van der Waals surface area (Å²) in [5.41, 5.74) is 2.93. The van der Waals surface area contributed by atoms with E-state index in [0.717, 1.165) is 29.5 Å². The van der Waals surface area contributed by atoms with Gasteiger partial charge < -0.3 is 15.7 Å². The highest BCUT2D eigenvalue weighted by Gasteiger charge is 2.42. The second-order valence-corrected chi connectivity index (χ2v) is 7.01. The Morgan fingerprint density at radius 2 is 1.92 bits per heavy atom. The van der Waals surface area contributed by atoms with Crippen molar-refractivity contribution in [1.82, 2.24) is 10.6 Å². The lowest BCUT2D eigenvalue weighted by molar-refractivity contribution is 0.155. The maximum absolute atomic E-state index is 12.1. The van der Waals surface area contributed by atoms with E-state index in [1.807, 2.05) is 49.4 Å². The Bertz CT molecular complexity index is 822. The lowest BCUT2D eigenvalue weighted by atomic mass is 9.97. The number of urea groups is 1. The fourth-order valence-corrected chi connectivity index (χ4v) is 3.11. The minimum Gasteiger partial charge on any atom is -0.394 e. The Balaban J connectivity index is 1.59. The van der Waals surface area contributed by atoms with E-state index < -0.39 is 5.54 Å². The number of amides is 2. The third-order valence-electron chi connectivity index (χ3n) is 4.97. The van der Waals surface area contributed by atoms with Crippen LogP contribution in [-0.2, 0) is 6.54 Å². The van der Waals surface area contributed by atoms with Crippen LogP contribution in [0.15, 0.2) is 48.5 Å². The van der Waals surface area contributed by atoms with Crippen LogP contribution in [0.1, 0.15) is 30.9 Å². The minimum atomic E-state index is -0.547. The Hall–Kier alpha value is -2.84. The Morgan fingerprint density at radius 3 is 2.54 bits per heavy atom.